The molecule has 4 aromatic carbocycles. The monoisotopic (exact) mass is 424 g/mol. The molecule has 9 heteroatoms. The Morgan fingerprint density at radius 3 is 1.72 bits per heavy atom. The molecule has 0 heterocycles. The zero-order valence-corrected chi connectivity index (χ0v) is 16.4. The van der Waals surface area contributed by atoms with Crippen molar-refractivity contribution in [1.29, 1.82) is 0 Å². The van der Waals surface area contributed by atoms with Gasteiger partial charge in [0.1, 0.15) is 10.1 Å². The molecule has 0 saturated heterocycles. The molecule has 0 spiro atoms. The molecule has 25 heavy (non-hydrogen) atoms. The molecule has 122 valence electrons. The van der Waals surface area contributed by atoms with Crippen LogP contribution in [-0.4, -0.2) is 13.0 Å². The molecule has 0 fully saturated rings. The zero-order valence-electron chi connectivity index (χ0n) is 12.5. The minimum absolute atomic E-state index is 0. The van der Waals surface area contributed by atoms with E-state index in [1.165, 1.54) is 18.2 Å². The zero-order chi connectivity index (χ0) is 17.4. The van der Waals surface area contributed by atoms with Crippen LogP contribution < -0.4 is 18.9 Å². The Hall–Kier alpha value is -0.413. The van der Waals surface area contributed by atoms with E-state index in [4.69, 9.17) is 46.4 Å². The van der Waals surface area contributed by atoms with E-state index in [1.54, 1.807) is 12.1 Å². The Labute approximate surface area is 175 Å². The summed E-state index contributed by atoms with van der Waals surface area (Å²) in [6, 6.07) is 7.65. The van der Waals surface area contributed by atoms with Crippen LogP contribution in [0.4, 0.5) is 0 Å². The third-order valence-corrected chi connectivity index (χ3v) is 6.13. The van der Waals surface area contributed by atoms with E-state index in [9.17, 15) is 13.0 Å². The summed E-state index contributed by atoms with van der Waals surface area (Å²) in [5.74, 6) is 0. The summed E-state index contributed by atoms with van der Waals surface area (Å²) in [4.78, 5) is -0.432. The van der Waals surface area contributed by atoms with Crippen molar-refractivity contribution in [2.24, 2.45) is 0 Å². The van der Waals surface area contributed by atoms with E-state index in [2.05, 4.69) is 0 Å². The minimum Gasteiger partial charge on any atom is -0.744 e. The Balaban J connectivity index is 0.00000182. The molecule has 0 bridgehead atoms. The minimum atomic E-state index is -4.78. The molecule has 4 rings (SSSR count). The predicted octanol–water partition coefficient (Wildman–Crippen LogP) is 3.11. The van der Waals surface area contributed by atoms with E-state index in [0.717, 1.165) is 0 Å². The van der Waals surface area contributed by atoms with Crippen molar-refractivity contribution in [3.8, 4) is 0 Å². The first-order valence-corrected chi connectivity index (χ1v) is 9.52. The first-order chi connectivity index (χ1) is 11.2. The van der Waals surface area contributed by atoms with Crippen molar-refractivity contribution in [3.63, 3.8) is 0 Å². The number of hydrogen-bond acceptors (Lipinski definition) is 3. The van der Waals surface area contributed by atoms with Crippen LogP contribution in [0.3, 0.4) is 0 Å². The molecule has 3 nitrogen and oxygen atoms in total. The Bertz CT molecular complexity index is 1270. The fourth-order valence-electron chi connectivity index (χ4n) is 3.09. The molecule has 0 aliphatic rings. The van der Waals surface area contributed by atoms with Crippen LogP contribution in [0, 0.1) is 0 Å². The van der Waals surface area contributed by atoms with Gasteiger partial charge in [0.15, 0.2) is 0 Å². The Morgan fingerprint density at radius 2 is 1.16 bits per heavy atom. The first-order valence-electron chi connectivity index (χ1n) is 6.60. The van der Waals surface area contributed by atoms with Crippen LogP contribution in [0.1, 0.15) is 0 Å². The summed E-state index contributed by atoms with van der Waals surface area (Å²) >= 11 is 25.0. The van der Waals surface area contributed by atoms with Gasteiger partial charge in [0.2, 0.25) is 0 Å². The summed E-state index contributed by atoms with van der Waals surface area (Å²) in [6.07, 6.45) is 0. The van der Waals surface area contributed by atoms with Gasteiger partial charge in [0, 0.05) is 47.4 Å². The quantitative estimate of drug-likeness (QED) is 0.267. The Kier molecular flexibility index (Phi) is 4.90. The normalized spacial score (nSPS) is 12.2. The summed E-state index contributed by atoms with van der Waals surface area (Å²) in [5.41, 5.74) is 0. The van der Waals surface area contributed by atoms with E-state index >= 15 is 0 Å². The smallest absolute Gasteiger partial charge is 0.744 e. The summed E-state index contributed by atoms with van der Waals surface area (Å²) in [6.45, 7) is 0. The summed E-state index contributed by atoms with van der Waals surface area (Å²) < 4.78 is 35.4. The van der Waals surface area contributed by atoms with Crippen molar-refractivity contribution < 1.29 is 31.8 Å². The molecule has 0 atom stereocenters. The van der Waals surface area contributed by atoms with Crippen molar-refractivity contribution >= 4 is 88.8 Å². The first kappa shape index (κ1) is 19.4. The molecule has 4 aromatic rings. The van der Waals surface area contributed by atoms with Gasteiger partial charge in [-0.15, -0.1) is 0 Å². The molecular weight excluding hydrogens is 421 g/mol. The van der Waals surface area contributed by atoms with Crippen LogP contribution in [0.2, 0.25) is 20.1 Å². The third-order valence-electron chi connectivity index (χ3n) is 4.03. The summed E-state index contributed by atoms with van der Waals surface area (Å²) in [5, 5.41) is 3.91. The van der Waals surface area contributed by atoms with Gasteiger partial charge in [-0.05, 0) is 18.2 Å². The standard InChI is InChI=1S/C16H6Cl4O3S.Li/c17-9-4-11(19)8-3-13(24(21,22)23)16-12(20)5-10(18)7-2-1-6(9)14(8)15(7)16;/h1-5H,(H,21,22,23);/q;+1/p-1. The van der Waals surface area contributed by atoms with Gasteiger partial charge in [-0.3, -0.25) is 0 Å². The van der Waals surface area contributed by atoms with Gasteiger partial charge in [-0.2, -0.15) is 0 Å². The maximum absolute atomic E-state index is 11.8. The van der Waals surface area contributed by atoms with Gasteiger partial charge in [0.05, 0.1) is 9.92 Å². The second-order valence-electron chi connectivity index (χ2n) is 5.34. The number of halogens is 4. The van der Waals surface area contributed by atoms with E-state index in [0.29, 0.717) is 37.0 Å². The van der Waals surface area contributed by atoms with Gasteiger partial charge in [-0.1, -0.05) is 58.5 Å². The maximum atomic E-state index is 11.8. The second kappa shape index (κ2) is 6.33. The fraction of sp³-hybridized carbons (Fsp3) is 0. The molecule has 0 aromatic heterocycles. The average Bonchev–Trinajstić information content (AvgIpc) is 2.48. The molecule has 0 radical (unpaired) electrons. The van der Waals surface area contributed by atoms with Crippen LogP contribution in [0.5, 0.6) is 0 Å². The van der Waals surface area contributed by atoms with E-state index in [1.807, 2.05) is 0 Å². The fourth-order valence-corrected chi connectivity index (χ4v) is 5.08. The second-order valence-corrected chi connectivity index (χ2v) is 8.32. The van der Waals surface area contributed by atoms with Crippen molar-refractivity contribution in [3.05, 3.63) is 50.4 Å². The van der Waals surface area contributed by atoms with Gasteiger partial charge in [-0.25, -0.2) is 8.42 Å². The molecule has 0 saturated carbocycles. The predicted molar refractivity (Wildman–Crippen MR) is 98.1 cm³/mol. The number of benzene rings is 4. The van der Waals surface area contributed by atoms with Gasteiger partial charge < -0.3 is 4.55 Å². The Morgan fingerprint density at radius 1 is 0.680 bits per heavy atom. The molecule has 0 aliphatic heterocycles. The molecule has 0 unspecified atom stereocenters. The topological polar surface area (TPSA) is 57.2 Å². The van der Waals surface area contributed by atoms with E-state index in [-0.39, 0.29) is 34.3 Å². The third kappa shape index (κ3) is 2.81. The SMILES string of the molecule is O=S(=O)([O-])c1cc2c(Cl)cc(Cl)c3ccc4c(Cl)cc(Cl)c1c4c32.[Li+]. The summed E-state index contributed by atoms with van der Waals surface area (Å²) in [7, 11) is -4.78. The number of hydrogen-bond donors (Lipinski definition) is 0. The van der Waals surface area contributed by atoms with Crippen molar-refractivity contribution in [2.45, 2.75) is 4.90 Å². The molecule has 0 aliphatic carbocycles. The maximum Gasteiger partial charge on any atom is 1.00 e. The van der Waals surface area contributed by atoms with Crippen LogP contribution >= 0.6 is 46.4 Å². The largest absolute Gasteiger partial charge is 1.00 e. The van der Waals surface area contributed by atoms with Crippen LogP contribution in [0.15, 0.2) is 35.2 Å². The molecule has 0 amide bonds. The number of rotatable bonds is 1. The van der Waals surface area contributed by atoms with Gasteiger partial charge in [0.25, 0.3) is 0 Å². The molecule has 0 N–H and O–H groups in total. The van der Waals surface area contributed by atoms with E-state index < -0.39 is 15.0 Å². The molecular formula is C16H5Cl4LiO3S. The van der Waals surface area contributed by atoms with Crippen LogP contribution in [-0.2, 0) is 10.1 Å². The van der Waals surface area contributed by atoms with Crippen molar-refractivity contribution in [2.75, 3.05) is 0 Å². The van der Waals surface area contributed by atoms with Gasteiger partial charge >= 0.3 is 18.9 Å². The van der Waals surface area contributed by atoms with Crippen molar-refractivity contribution in [1.82, 2.24) is 0 Å². The van der Waals surface area contributed by atoms with Crippen LogP contribution in [0.25, 0.3) is 32.3 Å². The average molecular weight is 426 g/mol.